The number of hydrogen-bond acceptors (Lipinski definition) is 2. The maximum atomic E-state index is 2.66. The van der Waals surface area contributed by atoms with Gasteiger partial charge in [-0.1, -0.05) is 27.7 Å². The van der Waals surface area contributed by atoms with Gasteiger partial charge in [0.2, 0.25) is 0 Å². The van der Waals surface area contributed by atoms with Crippen LogP contribution in [0.4, 0.5) is 0 Å². The minimum Gasteiger partial charge on any atom is -0.285 e. The highest BCUT2D eigenvalue weighted by atomic mass is 15.7. The van der Waals surface area contributed by atoms with Gasteiger partial charge in [0.05, 0.1) is 12.1 Å². The van der Waals surface area contributed by atoms with Gasteiger partial charge >= 0.3 is 0 Å². The van der Waals surface area contributed by atoms with Crippen molar-refractivity contribution in [2.45, 2.75) is 66.5 Å². The van der Waals surface area contributed by atoms with Gasteiger partial charge in [0.25, 0.3) is 0 Å². The monoisotopic (exact) mass is 244 g/mol. The minimum absolute atomic E-state index is 0.349. The second-order valence-corrected chi connectivity index (χ2v) is 7.72. The molecule has 2 heteroatoms. The zero-order valence-corrected chi connectivity index (χ0v) is 12.5. The highest BCUT2D eigenvalue weighted by molar-refractivity contribution is 5.43. The molecular formula is C16H24N2. The van der Waals surface area contributed by atoms with Crippen molar-refractivity contribution >= 4 is 0 Å². The molecule has 0 bridgehead atoms. The smallest absolute Gasteiger partial charge is 0.0646 e. The zero-order chi connectivity index (χ0) is 13.0. The fourth-order valence-electron chi connectivity index (χ4n) is 4.68. The summed E-state index contributed by atoms with van der Waals surface area (Å²) in [5, 5.41) is 5.32. The molecule has 0 aromatic heterocycles. The summed E-state index contributed by atoms with van der Waals surface area (Å²) < 4.78 is 0. The van der Waals surface area contributed by atoms with E-state index in [0.29, 0.717) is 22.9 Å². The average Bonchev–Trinajstić information content (AvgIpc) is 2.91. The van der Waals surface area contributed by atoms with E-state index in [1.54, 1.807) is 22.5 Å². The lowest BCUT2D eigenvalue weighted by Crippen LogP contribution is -2.42. The Morgan fingerprint density at radius 2 is 1.11 bits per heavy atom. The molecule has 0 aromatic rings. The maximum absolute atomic E-state index is 2.66. The van der Waals surface area contributed by atoms with Crippen LogP contribution in [-0.2, 0) is 0 Å². The Hall–Kier alpha value is -0.920. The van der Waals surface area contributed by atoms with Crippen LogP contribution in [0.15, 0.2) is 22.5 Å². The van der Waals surface area contributed by atoms with Crippen LogP contribution in [-0.4, -0.2) is 22.1 Å². The standard InChI is InChI=1S/C16H24N2/c1-9-11-7-14-16(5,6)10(2)12-8-13(15(9,3)4)17(11)18(12)14/h13-14H,7-8H2,1-6H3/t13-,14-/m0/s1. The molecule has 4 aliphatic heterocycles. The van der Waals surface area contributed by atoms with E-state index in [-0.39, 0.29) is 0 Å². The van der Waals surface area contributed by atoms with E-state index in [1.165, 1.54) is 12.8 Å². The van der Waals surface area contributed by atoms with Crippen molar-refractivity contribution in [3.63, 3.8) is 0 Å². The minimum atomic E-state index is 0.349. The van der Waals surface area contributed by atoms with Crippen molar-refractivity contribution in [1.29, 1.82) is 0 Å². The van der Waals surface area contributed by atoms with Crippen LogP contribution in [0, 0.1) is 10.8 Å². The highest BCUT2D eigenvalue weighted by Gasteiger charge is 2.62. The molecule has 0 aliphatic carbocycles. The van der Waals surface area contributed by atoms with E-state index in [0.717, 1.165) is 0 Å². The summed E-state index contributed by atoms with van der Waals surface area (Å²) in [5.74, 6) is 0. The van der Waals surface area contributed by atoms with E-state index in [9.17, 15) is 0 Å². The van der Waals surface area contributed by atoms with E-state index in [1.807, 2.05) is 0 Å². The van der Waals surface area contributed by atoms with Crippen molar-refractivity contribution in [2.24, 2.45) is 10.8 Å². The predicted molar refractivity (Wildman–Crippen MR) is 73.5 cm³/mol. The van der Waals surface area contributed by atoms with E-state index < -0.39 is 0 Å². The molecule has 4 aliphatic rings. The molecule has 98 valence electrons. The third-order valence-corrected chi connectivity index (χ3v) is 6.61. The Morgan fingerprint density at radius 1 is 0.778 bits per heavy atom. The van der Waals surface area contributed by atoms with Gasteiger partial charge in [0.1, 0.15) is 0 Å². The summed E-state index contributed by atoms with van der Waals surface area (Å²) in [6, 6.07) is 1.36. The van der Waals surface area contributed by atoms with Crippen LogP contribution in [0.25, 0.3) is 0 Å². The Morgan fingerprint density at radius 3 is 1.44 bits per heavy atom. The number of hydrazine groups is 1. The molecular weight excluding hydrogens is 220 g/mol. The van der Waals surface area contributed by atoms with Crippen LogP contribution in [0.3, 0.4) is 0 Å². The zero-order valence-electron chi connectivity index (χ0n) is 12.5. The summed E-state index contributed by atoms with van der Waals surface area (Å²) >= 11 is 0. The van der Waals surface area contributed by atoms with Crippen molar-refractivity contribution in [1.82, 2.24) is 10.0 Å². The maximum Gasteiger partial charge on any atom is 0.0646 e. The second kappa shape index (κ2) is 2.66. The van der Waals surface area contributed by atoms with E-state index in [4.69, 9.17) is 0 Å². The third-order valence-electron chi connectivity index (χ3n) is 6.61. The average molecular weight is 244 g/mol. The van der Waals surface area contributed by atoms with Crippen molar-refractivity contribution in [3.05, 3.63) is 22.5 Å². The fourth-order valence-corrected chi connectivity index (χ4v) is 4.68. The first-order valence-electron chi connectivity index (χ1n) is 7.26. The molecule has 2 saturated heterocycles. The molecule has 0 aromatic carbocycles. The molecule has 4 rings (SSSR count). The summed E-state index contributed by atoms with van der Waals surface area (Å²) in [4.78, 5) is 0. The van der Waals surface area contributed by atoms with Gasteiger partial charge < -0.3 is 0 Å². The van der Waals surface area contributed by atoms with Gasteiger partial charge in [-0.3, -0.25) is 10.0 Å². The molecule has 0 amide bonds. The lowest BCUT2D eigenvalue weighted by molar-refractivity contribution is 0.0340. The third kappa shape index (κ3) is 0.856. The van der Waals surface area contributed by atoms with Gasteiger partial charge in [-0.05, 0) is 25.0 Å². The number of nitrogens with zero attached hydrogens (tertiary/aromatic N) is 2. The Kier molecular flexibility index (Phi) is 1.62. The summed E-state index contributed by atoms with van der Waals surface area (Å²) in [6.07, 6.45) is 2.50. The Balaban J connectivity index is 1.94. The molecule has 0 N–H and O–H groups in total. The first-order valence-corrected chi connectivity index (χ1v) is 7.26. The molecule has 0 saturated carbocycles. The molecule has 2 fully saturated rings. The Labute approximate surface area is 110 Å². The summed E-state index contributed by atoms with van der Waals surface area (Å²) in [7, 11) is 0. The normalized spacial score (nSPS) is 38.3. The van der Waals surface area contributed by atoms with Crippen molar-refractivity contribution in [2.75, 3.05) is 0 Å². The largest absolute Gasteiger partial charge is 0.285 e. The van der Waals surface area contributed by atoms with E-state index in [2.05, 4.69) is 51.6 Å². The molecule has 0 spiro atoms. The van der Waals surface area contributed by atoms with Crippen LogP contribution in [0.2, 0.25) is 0 Å². The fraction of sp³-hybridized carbons (Fsp3) is 0.750. The van der Waals surface area contributed by atoms with Gasteiger partial charge in [-0.2, -0.15) is 0 Å². The van der Waals surface area contributed by atoms with Gasteiger partial charge in [-0.25, -0.2) is 0 Å². The number of hydrogen-bond donors (Lipinski definition) is 0. The van der Waals surface area contributed by atoms with Gasteiger partial charge in [0, 0.05) is 35.1 Å². The van der Waals surface area contributed by atoms with Crippen molar-refractivity contribution in [3.8, 4) is 0 Å². The summed E-state index contributed by atoms with van der Waals surface area (Å²) in [6.45, 7) is 14.4. The van der Waals surface area contributed by atoms with Crippen LogP contribution < -0.4 is 0 Å². The van der Waals surface area contributed by atoms with Crippen LogP contribution in [0.1, 0.15) is 54.4 Å². The lowest BCUT2D eigenvalue weighted by Gasteiger charge is -2.35. The summed E-state index contributed by atoms with van der Waals surface area (Å²) in [5.41, 5.74) is 7.23. The SMILES string of the molecule is CC1=C2C[C@@H]3N4C(=C(C)C3(C)C)C[C@H](N24)C1(C)C. The van der Waals surface area contributed by atoms with Crippen molar-refractivity contribution < 1.29 is 0 Å². The first-order chi connectivity index (χ1) is 8.28. The molecule has 4 heterocycles. The second-order valence-electron chi connectivity index (χ2n) is 7.72. The quantitative estimate of drug-likeness (QED) is 0.641. The molecule has 0 unspecified atom stereocenters. The molecule has 2 atom stereocenters. The highest BCUT2D eigenvalue weighted by Crippen LogP contribution is 2.63. The van der Waals surface area contributed by atoms with Crippen LogP contribution in [0.5, 0.6) is 0 Å². The van der Waals surface area contributed by atoms with Crippen LogP contribution >= 0.6 is 0 Å². The predicted octanol–water partition coefficient (Wildman–Crippen LogP) is 3.68. The van der Waals surface area contributed by atoms with Gasteiger partial charge in [0.15, 0.2) is 0 Å². The topological polar surface area (TPSA) is 6.48 Å². The lowest BCUT2D eigenvalue weighted by atomic mass is 9.74. The molecule has 0 radical (unpaired) electrons. The molecule has 2 nitrogen and oxygen atoms in total. The number of rotatable bonds is 0. The first kappa shape index (κ1) is 11.0. The Bertz CT molecular complexity index is 473. The van der Waals surface area contributed by atoms with E-state index >= 15 is 0 Å². The molecule has 18 heavy (non-hydrogen) atoms. The van der Waals surface area contributed by atoms with Gasteiger partial charge in [-0.15, -0.1) is 0 Å².